The van der Waals surface area contributed by atoms with Crippen molar-refractivity contribution in [2.75, 3.05) is 14.2 Å². The van der Waals surface area contributed by atoms with Gasteiger partial charge in [0.2, 0.25) is 0 Å². The smallest absolute Gasteiger partial charge is 0.451 e. The van der Waals surface area contributed by atoms with Gasteiger partial charge in [-0.15, -0.1) is 10.2 Å². The summed E-state index contributed by atoms with van der Waals surface area (Å²) in [5, 5.41) is 17.3. The standard InChI is InChI=1S/C12H12N4O5/c1-20-8-5-3-7(4-6-8)9-10(11(17)18)13-15-16(14-9)12(19)21-2/h3-6,15H,1-2H3,(H,17,18). The van der Waals surface area contributed by atoms with E-state index in [1.165, 1.54) is 14.2 Å². The van der Waals surface area contributed by atoms with Crippen molar-refractivity contribution in [3.63, 3.8) is 0 Å². The number of carbonyl (C=O) groups is 2. The molecule has 1 aromatic carbocycles. The van der Waals surface area contributed by atoms with Gasteiger partial charge in [0.15, 0.2) is 5.71 Å². The van der Waals surface area contributed by atoms with Crippen LogP contribution in [-0.4, -0.2) is 47.9 Å². The van der Waals surface area contributed by atoms with Crippen molar-refractivity contribution in [2.45, 2.75) is 0 Å². The Morgan fingerprint density at radius 2 is 1.90 bits per heavy atom. The van der Waals surface area contributed by atoms with Crippen molar-refractivity contribution in [3.05, 3.63) is 29.8 Å². The van der Waals surface area contributed by atoms with Crippen molar-refractivity contribution in [3.8, 4) is 5.75 Å². The van der Waals surface area contributed by atoms with Crippen LogP contribution in [-0.2, 0) is 9.53 Å². The number of aliphatic carboxylic acids is 1. The number of carboxylic acid groups (broad SMARTS) is 1. The summed E-state index contributed by atoms with van der Waals surface area (Å²) >= 11 is 0. The number of carboxylic acids is 1. The third-order valence-corrected chi connectivity index (χ3v) is 2.59. The highest BCUT2D eigenvalue weighted by Crippen LogP contribution is 2.14. The van der Waals surface area contributed by atoms with Gasteiger partial charge in [0.05, 0.1) is 14.2 Å². The van der Waals surface area contributed by atoms with Gasteiger partial charge in [-0.25, -0.2) is 9.59 Å². The molecule has 2 rings (SSSR count). The fourth-order valence-electron chi connectivity index (χ4n) is 1.58. The van der Waals surface area contributed by atoms with E-state index in [9.17, 15) is 9.59 Å². The zero-order valence-electron chi connectivity index (χ0n) is 11.2. The van der Waals surface area contributed by atoms with Crippen LogP contribution in [0.4, 0.5) is 4.79 Å². The lowest BCUT2D eigenvalue weighted by Gasteiger charge is -2.20. The number of amides is 1. The van der Waals surface area contributed by atoms with Gasteiger partial charge in [-0.3, -0.25) is 0 Å². The second-order valence-corrected chi connectivity index (χ2v) is 3.82. The quantitative estimate of drug-likeness (QED) is 0.835. The van der Waals surface area contributed by atoms with Gasteiger partial charge < -0.3 is 14.6 Å². The molecule has 2 N–H and O–H groups in total. The average Bonchev–Trinajstić information content (AvgIpc) is 2.53. The maximum absolute atomic E-state index is 11.4. The molecule has 0 radical (unpaired) electrons. The summed E-state index contributed by atoms with van der Waals surface area (Å²) in [7, 11) is 2.68. The first-order chi connectivity index (χ1) is 10.1. The summed E-state index contributed by atoms with van der Waals surface area (Å²) in [6.45, 7) is 0. The van der Waals surface area contributed by atoms with Crippen LogP contribution in [0, 0.1) is 0 Å². The van der Waals surface area contributed by atoms with Crippen LogP contribution in [0.3, 0.4) is 0 Å². The van der Waals surface area contributed by atoms with E-state index in [0.29, 0.717) is 16.4 Å². The predicted octanol–water partition coefficient (Wildman–Crippen LogP) is 0.426. The Balaban J connectivity index is 2.41. The maximum Gasteiger partial charge on any atom is 0.451 e. The summed E-state index contributed by atoms with van der Waals surface area (Å²) in [5.41, 5.74) is 2.35. The number of rotatable bonds is 3. The number of hydrazine groups is 1. The lowest BCUT2D eigenvalue weighted by atomic mass is 10.1. The summed E-state index contributed by atoms with van der Waals surface area (Å²) in [6, 6.07) is 6.50. The number of nitrogens with zero attached hydrogens (tertiary/aromatic N) is 3. The van der Waals surface area contributed by atoms with E-state index in [-0.39, 0.29) is 11.4 Å². The van der Waals surface area contributed by atoms with E-state index in [4.69, 9.17) is 9.84 Å². The van der Waals surface area contributed by atoms with Gasteiger partial charge >= 0.3 is 12.1 Å². The number of nitrogens with one attached hydrogen (secondary N) is 1. The minimum Gasteiger partial charge on any atom is -0.497 e. The van der Waals surface area contributed by atoms with Gasteiger partial charge in [0.25, 0.3) is 0 Å². The molecule has 0 fully saturated rings. The van der Waals surface area contributed by atoms with Crippen LogP contribution < -0.4 is 10.3 Å². The highest BCUT2D eigenvalue weighted by molar-refractivity contribution is 6.68. The molecule has 9 heteroatoms. The van der Waals surface area contributed by atoms with E-state index in [1.54, 1.807) is 24.3 Å². The summed E-state index contributed by atoms with van der Waals surface area (Å²) < 4.78 is 9.51. The Morgan fingerprint density at radius 3 is 2.43 bits per heavy atom. The van der Waals surface area contributed by atoms with Crippen LogP contribution >= 0.6 is 0 Å². The predicted molar refractivity (Wildman–Crippen MR) is 72.0 cm³/mol. The largest absolute Gasteiger partial charge is 0.497 e. The molecule has 9 nitrogen and oxygen atoms in total. The Bertz CT molecular complexity index is 623. The molecule has 0 aromatic heterocycles. The summed E-state index contributed by atoms with van der Waals surface area (Å²) in [6.07, 6.45) is -0.825. The molecule has 0 atom stereocenters. The van der Waals surface area contributed by atoms with E-state index in [2.05, 4.69) is 20.5 Å². The van der Waals surface area contributed by atoms with Crippen molar-refractivity contribution >= 4 is 23.5 Å². The molecule has 1 aromatic rings. The highest BCUT2D eigenvalue weighted by Gasteiger charge is 2.27. The number of hydrogen-bond acceptors (Lipinski definition) is 7. The summed E-state index contributed by atoms with van der Waals surface area (Å²) in [4.78, 5) is 22.6. The lowest BCUT2D eigenvalue weighted by Crippen LogP contribution is -2.44. The third-order valence-electron chi connectivity index (χ3n) is 2.59. The van der Waals surface area contributed by atoms with Crippen molar-refractivity contribution < 1.29 is 24.2 Å². The molecule has 1 aliphatic heterocycles. The molecule has 110 valence electrons. The Hall–Kier alpha value is -3.10. The molecule has 1 amide bonds. The Labute approximate surface area is 119 Å². The van der Waals surface area contributed by atoms with E-state index in [0.717, 1.165) is 0 Å². The van der Waals surface area contributed by atoms with Gasteiger partial charge in [0.1, 0.15) is 11.5 Å². The fraction of sp³-hybridized carbons (Fsp3) is 0.167. The van der Waals surface area contributed by atoms with Crippen molar-refractivity contribution in [2.24, 2.45) is 10.2 Å². The van der Waals surface area contributed by atoms with Crippen LogP contribution in [0.15, 0.2) is 34.5 Å². The van der Waals surface area contributed by atoms with Gasteiger partial charge in [-0.1, -0.05) is 5.12 Å². The van der Waals surface area contributed by atoms with Gasteiger partial charge in [-0.2, -0.15) is 5.53 Å². The Morgan fingerprint density at radius 1 is 1.24 bits per heavy atom. The number of carbonyl (C=O) groups excluding carboxylic acids is 1. The first kappa shape index (κ1) is 14.3. The monoisotopic (exact) mass is 292 g/mol. The van der Waals surface area contributed by atoms with Gasteiger partial charge in [0, 0.05) is 5.56 Å². The second-order valence-electron chi connectivity index (χ2n) is 3.82. The normalized spacial score (nSPS) is 13.7. The van der Waals surface area contributed by atoms with Crippen LogP contribution in [0.25, 0.3) is 0 Å². The molecule has 0 saturated heterocycles. The first-order valence-corrected chi connectivity index (χ1v) is 5.75. The zero-order chi connectivity index (χ0) is 15.4. The number of ether oxygens (including phenoxy) is 2. The number of hydrazone groups is 2. The maximum atomic E-state index is 11.4. The molecule has 0 bridgehead atoms. The molecule has 0 saturated carbocycles. The Kier molecular flexibility index (Phi) is 4.02. The number of hydrogen-bond donors (Lipinski definition) is 2. The SMILES string of the molecule is COC(=O)N1N=C(c2ccc(OC)cc2)C(C(=O)O)=NN1. The van der Waals surface area contributed by atoms with Gasteiger partial charge in [-0.05, 0) is 24.3 Å². The van der Waals surface area contributed by atoms with Crippen molar-refractivity contribution in [1.82, 2.24) is 10.7 Å². The molecule has 21 heavy (non-hydrogen) atoms. The average molecular weight is 292 g/mol. The van der Waals surface area contributed by atoms with Crippen molar-refractivity contribution in [1.29, 1.82) is 0 Å². The highest BCUT2D eigenvalue weighted by atomic mass is 16.6. The summed E-state index contributed by atoms with van der Waals surface area (Å²) in [5.74, 6) is -0.673. The van der Waals surface area contributed by atoms with Crippen LogP contribution in [0.5, 0.6) is 5.75 Å². The molecule has 0 spiro atoms. The van der Waals surface area contributed by atoms with Crippen LogP contribution in [0.1, 0.15) is 5.56 Å². The molecule has 0 aliphatic carbocycles. The fourth-order valence-corrected chi connectivity index (χ4v) is 1.58. The first-order valence-electron chi connectivity index (χ1n) is 5.75. The zero-order valence-corrected chi connectivity index (χ0v) is 11.2. The van der Waals surface area contributed by atoms with Crippen LogP contribution in [0.2, 0.25) is 0 Å². The minimum atomic E-state index is -1.28. The second kappa shape index (κ2) is 5.90. The molecule has 1 heterocycles. The van der Waals surface area contributed by atoms with E-state index >= 15 is 0 Å². The third kappa shape index (κ3) is 2.91. The van der Waals surface area contributed by atoms with E-state index < -0.39 is 12.1 Å². The minimum absolute atomic E-state index is 0.0225. The molecule has 1 aliphatic rings. The number of benzene rings is 1. The number of methoxy groups -OCH3 is 2. The topological polar surface area (TPSA) is 113 Å². The van der Waals surface area contributed by atoms with E-state index in [1.807, 2.05) is 0 Å². The molecule has 0 unspecified atom stereocenters. The molecular formula is C12H12N4O5. The molecular weight excluding hydrogens is 280 g/mol. The lowest BCUT2D eigenvalue weighted by molar-refractivity contribution is -0.129.